The normalized spacial score (nSPS) is 19.8. The van der Waals surface area contributed by atoms with Crippen molar-refractivity contribution < 1.29 is 9.53 Å². The van der Waals surface area contributed by atoms with Gasteiger partial charge < -0.3 is 15.4 Å². The molecule has 128 valence electrons. The SMILES string of the molecule is CC(C)C1Oc2ccc(C(N)C(C)(C)C)cc2N(C(C)C)C1=O. The highest BCUT2D eigenvalue weighted by molar-refractivity contribution is 6.00. The van der Waals surface area contributed by atoms with Crippen molar-refractivity contribution in [3.63, 3.8) is 0 Å². The molecule has 2 rings (SSSR count). The third-order valence-corrected chi connectivity index (χ3v) is 4.39. The van der Waals surface area contributed by atoms with Crippen molar-refractivity contribution in [2.45, 2.75) is 66.7 Å². The molecule has 1 aromatic rings. The number of carbonyl (C=O) groups excluding carboxylic acids is 1. The number of amides is 1. The van der Waals surface area contributed by atoms with Crippen LogP contribution in [0.2, 0.25) is 0 Å². The van der Waals surface area contributed by atoms with Gasteiger partial charge >= 0.3 is 0 Å². The Kier molecular flexibility index (Phi) is 4.76. The van der Waals surface area contributed by atoms with Crippen LogP contribution in [0.5, 0.6) is 5.75 Å². The van der Waals surface area contributed by atoms with Crippen LogP contribution in [0.4, 0.5) is 5.69 Å². The Balaban J connectivity index is 2.50. The molecule has 1 aliphatic rings. The van der Waals surface area contributed by atoms with Gasteiger partial charge in [0, 0.05) is 12.1 Å². The zero-order valence-electron chi connectivity index (χ0n) is 15.4. The summed E-state index contributed by atoms with van der Waals surface area (Å²) in [5, 5.41) is 0. The van der Waals surface area contributed by atoms with Gasteiger partial charge in [0.05, 0.1) is 5.69 Å². The average Bonchev–Trinajstić information content (AvgIpc) is 2.43. The molecule has 0 saturated heterocycles. The quantitative estimate of drug-likeness (QED) is 0.920. The molecular weight excluding hydrogens is 288 g/mol. The maximum atomic E-state index is 12.8. The van der Waals surface area contributed by atoms with E-state index in [2.05, 4.69) is 20.8 Å². The highest BCUT2D eigenvalue weighted by Gasteiger charge is 2.38. The van der Waals surface area contributed by atoms with E-state index in [1.54, 1.807) is 0 Å². The monoisotopic (exact) mass is 318 g/mol. The molecule has 1 aromatic carbocycles. The minimum Gasteiger partial charge on any atom is -0.478 e. The van der Waals surface area contributed by atoms with Gasteiger partial charge in [0.25, 0.3) is 5.91 Å². The number of ether oxygens (including phenoxy) is 1. The molecule has 4 nitrogen and oxygen atoms in total. The molecule has 0 radical (unpaired) electrons. The van der Waals surface area contributed by atoms with Gasteiger partial charge in [-0.15, -0.1) is 0 Å². The van der Waals surface area contributed by atoms with E-state index in [9.17, 15) is 4.79 Å². The number of nitrogens with zero attached hydrogens (tertiary/aromatic N) is 1. The summed E-state index contributed by atoms with van der Waals surface area (Å²) in [5.74, 6) is 0.930. The molecule has 0 saturated carbocycles. The first-order chi connectivity index (χ1) is 10.5. The average molecular weight is 318 g/mol. The van der Waals surface area contributed by atoms with Crippen molar-refractivity contribution in [1.29, 1.82) is 0 Å². The van der Waals surface area contributed by atoms with Gasteiger partial charge in [-0.25, -0.2) is 0 Å². The number of benzene rings is 1. The van der Waals surface area contributed by atoms with Gasteiger partial charge in [0.2, 0.25) is 0 Å². The summed E-state index contributed by atoms with van der Waals surface area (Å²) >= 11 is 0. The number of rotatable bonds is 3. The van der Waals surface area contributed by atoms with Gasteiger partial charge in [0.15, 0.2) is 6.10 Å². The second kappa shape index (κ2) is 6.16. The molecule has 1 amide bonds. The van der Waals surface area contributed by atoms with Crippen LogP contribution in [0.3, 0.4) is 0 Å². The van der Waals surface area contributed by atoms with Crippen LogP contribution < -0.4 is 15.4 Å². The summed E-state index contributed by atoms with van der Waals surface area (Å²) in [6.45, 7) is 14.4. The van der Waals surface area contributed by atoms with E-state index < -0.39 is 6.10 Å². The Labute approximate surface area is 140 Å². The number of nitrogens with two attached hydrogens (primary N) is 1. The predicted molar refractivity (Wildman–Crippen MR) is 94.7 cm³/mol. The van der Waals surface area contributed by atoms with Crippen LogP contribution in [0.25, 0.3) is 0 Å². The maximum absolute atomic E-state index is 12.8. The topological polar surface area (TPSA) is 55.6 Å². The lowest BCUT2D eigenvalue weighted by Gasteiger charge is -2.39. The first kappa shape index (κ1) is 17.8. The molecule has 0 aromatic heterocycles. The highest BCUT2D eigenvalue weighted by atomic mass is 16.5. The molecular formula is C19H30N2O2. The van der Waals surface area contributed by atoms with Crippen LogP contribution >= 0.6 is 0 Å². The molecule has 2 atom stereocenters. The number of carbonyl (C=O) groups is 1. The smallest absolute Gasteiger partial charge is 0.268 e. The fourth-order valence-corrected chi connectivity index (χ4v) is 2.91. The van der Waals surface area contributed by atoms with Gasteiger partial charge in [0.1, 0.15) is 5.75 Å². The van der Waals surface area contributed by atoms with E-state index in [1.165, 1.54) is 0 Å². The zero-order chi connectivity index (χ0) is 17.5. The van der Waals surface area contributed by atoms with Crippen molar-refractivity contribution in [1.82, 2.24) is 0 Å². The van der Waals surface area contributed by atoms with Gasteiger partial charge in [-0.05, 0) is 42.9 Å². The van der Waals surface area contributed by atoms with Crippen LogP contribution in [-0.4, -0.2) is 18.1 Å². The summed E-state index contributed by atoms with van der Waals surface area (Å²) in [5.41, 5.74) is 8.21. The molecule has 1 aliphatic heterocycles. The van der Waals surface area contributed by atoms with Crippen LogP contribution in [0.1, 0.15) is 60.1 Å². The van der Waals surface area contributed by atoms with E-state index in [0.717, 1.165) is 17.0 Å². The van der Waals surface area contributed by atoms with E-state index in [0.29, 0.717) is 0 Å². The fourth-order valence-electron chi connectivity index (χ4n) is 2.91. The second-order valence-corrected chi connectivity index (χ2v) is 8.16. The summed E-state index contributed by atoms with van der Waals surface area (Å²) in [6, 6.07) is 5.96. The lowest BCUT2D eigenvalue weighted by molar-refractivity contribution is -0.128. The zero-order valence-corrected chi connectivity index (χ0v) is 15.4. The number of hydrogen-bond donors (Lipinski definition) is 1. The third kappa shape index (κ3) is 3.37. The van der Waals surface area contributed by atoms with Crippen LogP contribution in [0.15, 0.2) is 18.2 Å². The Hall–Kier alpha value is -1.55. The first-order valence-corrected chi connectivity index (χ1v) is 8.43. The Bertz CT molecular complexity index is 588. The Morgan fingerprint density at radius 3 is 2.26 bits per heavy atom. The van der Waals surface area contributed by atoms with E-state index >= 15 is 0 Å². The third-order valence-electron chi connectivity index (χ3n) is 4.39. The lowest BCUT2D eigenvalue weighted by Crippen LogP contribution is -2.51. The van der Waals surface area contributed by atoms with E-state index in [1.807, 2.05) is 50.8 Å². The van der Waals surface area contributed by atoms with Gasteiger partial charge in [-0.2, -0.15) is 0 Å². The molecule has 0 spiro atoms. The first-order valence-electron chi connectivity index (χ1n) is 8.43. The van der Waals surface area contributed by atoms with Gasteiger partial charge in [-0.3, -0.25) is 4.79 Å². The molecule has 23 heavy (non-hydrogen) atoms. The van der Waals surface area contributed by atoms with Crippen molar-refractivity contribution in [2.75, 3.05) is 4.90 Å². The van der Waals surface area contributed by atoms with E-state index in [-0.39, 0.29) is 29.3 Å². The number of fused-ring (bicyclic) bond motifs is 1. The Morgan fingerprint density at radius 2 is 1.78 bits per heavy atom. The van der Waals surface area contributed by atoms with Crippen molar-refractivity contribution >= 4 is 11.6 Å². The van der Waals surface area contributed by atoms with Crippen molar-refractivity contribution in [3.8, 4) is 5.75 Å². The standard InChI is InChI=1S/C19H30N2O2/c1-11(2)16-18(22)21(12(3)4)14-10-13(8-9-15(14)23-16)17(20)19(5,6)7/h8-12,16-17H,20H2,1-7H3. The molecule has 4 heteroatoms. The van der Waals surface area contributed by atoms with Crippen LogP contribution in [-0.2, 0) is 4.79 Å². The largest absolute Gasteiger partial charge is 0.478 e. The van der Waals surface area contributed by atoms with E-state index in [4.69, 9.17) is 10.5 Å². The molecule has 1 heterocycles. The summed E-state index contributed by atoms with van der Waals surface area (Å²) < 4.78 is 5.97. The van der Waals surface area contributed by atoms with Crippen LogP contribution in [0, 0.1) is 11.3 Å². The molecule has 0 bridgehead atoms. The fraction of sp³-hybridized carbons (Fsp3) is 0.632. The number of anilines is 1. The molecule has 2 unspecified atom stereocenters. The predicted octanol–water partition coefficient (Wildman–Crippen LogP) is 3.89. The van der Waals surface area contributed by atoms with Gasteiger partial charge in [-0.1, -0.05) is 40.7 Å². The Morgan fingerprint density at radius 1 is 1.17 bits per heavy atom. The lowest BCUT2D eigenvalue weighted by atomic mass is 9.83. The van der Waals surface area contributed by atoms with Crippen molar-refractivity contribution in [2.24, 2.45) is 17.1 Å². The summed E-state index contributed by atoms with van der Waals surface area (Å²) in [4.78, 5) is 14.7. The van der Waals surface area contributed by atoms with Crippen molar-refractivity contribution in [3.05, 3.63) is 23.8 Å². The minimum atomic E-state index is -0.424. The number of hydrogen-bond acceptors (Lipinski definition) is 3. The molecule has 0 fully saturated rings. The molecule has 0 aliphatic carbocycles. The minimum absolute atomic E-state index is 0.0315. The summed E-state index contributed by atoms with van der Waals surface area (Å²) in [6.07, 6.45) is -0.424. The second-order valence-electron chi connectivity index (χ2n) is 8.16. The molecule has 2 N–H and O–H groups in total. The highest BCUT2D eigenvalue weighted by Crippen LogP contribution is 2.40. The maximum Gasteiger partial charge on any atom is 0.268 e. The summed E-state index contributed by atoms with van der Waals surface area (Å²) in [7, 11) is 0.